The summed E-state index contributed by atoms with van der Waals surface area (Å²) in [6, 6.07) is 0. The minimum absolute atomic E-state index is 0.0192. The molecule has 21 heavy (non-hydrogen) atoms. The predicted octanol–water partition coefficient (Wildman–Crippen LogP) is 0.634. The number of carbonyl (C=O) groups is 1. The van der Waals surface area contributed by atoms with Gasteiger partial charge in [0.15, 0.2) is 5.65 Å². The first-order valence-electron chi connectivity index (χ1n) is 7.23. The van der Waals surface area contributed by atoms with Crippen molar-refractivity contribution >= 4 is 22.8 Å². The van der Waals surface area contributed by atoms with E-state index in [1.165, 1.54) is 0 Å². The quantitative estimate of drug-likeness (QED) is 0.877. The molecule has 0 spiro atoms. The smallest absolute Gasteiger partial charge is 0.224 e. The summed E-state index contributed by atoms with van der Waals surface area (Å²) in [5.41, 5.74) is 0.833. The van der Waals surface area contributed by atoms with Crippen molar-refractivity contribution in [3.8, 4) is 0 Å². The Morgan fingerprint density at radius 1 is 1.43 bits per heavy atom. The molecule has 0 saturated carbocycles. The van der Waals surface area contributed by atoms with Gasteiger partial charge in [0.25, 0.3) is 0 Å². The zero-order valence-corrected chi connectivity index (χ0v) is 12.6. The molecule has 0 bridgehead atoms. The number of hydrogen-bond donors (Lipinski definition) is 1. The number of anilines is 1. The summed E-state index contributed by atoms with van der Waals surface area (Å²) in [4.78, 5) is 23.1. The first-order chi connectivity index (χ1) is 10.1. The molecule has 112 valence electrons. The van der Waals surface area contributed by atoms with Crippen molar-refractivity contribution in [3.63, 3.8) is 0 Å². The van der Waals surface area contributed by atoms with E-state index in [1.807, 2.05) is 14.0 Å². The van der Waals surface area contributed by atoms with Crippen molar-refractivity contribution in [2.75, 3.05) is 25.0 Å². The molecule has 7 nitrogen and oxygen atoms in total. The van der Waals surface area contributed by atoms with E-state index in [-0.39, 0.29) is 11.8 Å². The maximum Gasteiger partial charge on any atom is 0.224 e. The second-order valence-corrected chi connectivity index (χ2v) is 5.50. The molecule has 3 heterocycles. The lowest BCUT2D eigenvalue weighted by molar-refractivity contribution is -0.124. The number of fused-ring (bicyclic) bond motifs is 1. The lowest BCUT2D eigenvalue weighted by atomic mass is 9.97. The highest BCUT2D eigenvalue weighted by molar-refractivity contribution is 5.87. The number of rotatable bonds is 2. The van der Waals surface area contributed by atoms with Crippen LogP contribution in [0.15, 0.2) is 6.20 Å². The van der Waals surface area contributed by atoms with E-state index in [0.717, 1.165) is 42.1 Å². The highest BCUT2D eigenvalue weighted by atomic mass is 16.1. The minimum atomic E-state index is 0.0192. The zero-order valence-electron chi connectivity index (χ0n) is 12.6. The average Bonchev–Trinajstić information content (AvgIpc) is 2.87. The van der Waals surface area contributed by atoms with Gasteiger partial charge in [0.2, 0.25) is 5.91 Å². The van der Waals surface area contributed by atoms with Crippen LogP contribution >= 0.6 is 0 Å². The SMILES string of the molecule is CNC(=O)C1CCCN(c2nc(C)nc3c2cnn3C)C1. The summed E-state index contributed by atoms with van der Waals surface area (Å²) >= 11 is 0. The number of carbonyl (C=O) groups excluding carboxylic acids is 1. The second-order valence-electron chi connectivity index (χ2n) is 5.50. The largest absolute Gasteiger partial charge is 0.359 e. The van der Waals surface area contributed by atoms with Gasteiger partial charge >= 0.3 is 0 Å². The Hall–Kier alpha value is -2.18. The summed E-state index contributed by atoms with van der Waals surface area (Å²) in [6.07, 6.45) is 3.72. The molecular formula is C14H20N6O. The molecule has 0 aliphatic carbocycles. The van der Waals surface area contributed by atoms with Gasteiger partial charge in [0.1, 0.15) is 11.6 Å². The third-order valence-corrected chi connectivity index (χ3v) is 4.02. The van der Waals surface area contributed by atoms with E-state index in [4.69, 9.17) is 0 Å². The summed E-state index contributed by atoms with van der Waals surface area (Å²) in [7, 11) is 3.57. The predicted molar refractivity (Wildman–Crippen MR) is 80.0 cm³/mol. The van der Waals surface area contributed by atoms with E-state index >= 15 is 0 Å². The van der Waals surface area contributed by atoms with Gasteiger partial charge in [-0.2, -0.15) is 5.10 Å². The fourth-order valence-corrected chi connectivity index (χ4v) is 2.94. The molecule has 1 unspecified atom stereocenters. The first-order valence-corrected chi connectivity index (χ1v) is 7.23. The molecule has 1 N–H and O–H groups in total. The van der Waals surface area contributed by atoms with Crippen LogP contribution in [0.2, 0.25) is 0 Å². The van der Waals surface area contributed by atoms with Crippen molar-refractivity contribution in [2.45, 2.75) is 19.8 Å². The molecule has 1 atom stereocenters. The van der Waals surface area contributed by atoms with Crippen LogP contribution in [0.1, 0.15) is 18.7 Å². The highest BCUT2D eigenvalue weighted by Crippen LogP contribution is 2.27. The summed E-state index contributed by atoms with van der Waals surface area (Å²) in [5, 5.41) is 7.96. The molecule has 2 aromatic heterocycles. The molecule has 1 aliphatic heterocycles. The molecule has 0 aromatic carbocycles. The van der Waals surface area contributed by atoms with E-state index < -0.39 is 0 Å². The molecule has 1 aliphatic rings. The van der Waals surface area contributed by atoms with Crippen molar-refractivity contribution < 1.29 is 4.79 Å². The molecule has 1 amide bonds. The number of nitrogens with one attached hydrogen (secondary N) is 1. The standard InChI is InChI=1S/C14H20N6O/c1-9-17-12-11(7-16-19(12)3)13(18-9)20-6-4-5-10(8-20)14(21)15-2/h7,10H,4-6,8H2,1-3H3,(H,15,21). The van der Waals surface area contributed by atoms with Gasteiger partial charge in [0.05, 0.1) is 17.5 Å². The van der Waals surface area contributed by atoms with E-state index in [1.54, 1.807) is 17.9 Å². The van der Waals surface area contributed by atoms with Gasteiger partial charge in [0, 0.05) is 27.2 Å². The summed E-state index contributed by atoms with van der Waals surface area (Å²) < 4.78 is 1.76. The Bertz CT molecular complexity index is 679. The zero-order chi connectivity index (χ0) is 15.0. The Labute approximate surface area is 123 Å². The summed E-state index contributed by atoms with van der Waals surface area (Å²) in [5.74, 6) is 1.74. The van der Waals surface area contributed by atoms with Gasteiger partial charge in [-0.25, -0.2) is 9.97 Å². The third kappa shape index (κ3) is 2.43. The van der Waals surface area contributed by atoms with E-state index in [0.29, 0.717) is 6.54 Å². The van der Waals surface area contributed by atoms with Gasteiger partial charge in [-0.15, -0.1) is 0 Å². The summed E-state index contributed by atoms with van der Waals surface area (Å²) in [6.45, 7) is 3.49. The lowest BCUT2D eigenvalue weighted by Crippen LogP contribution is -2.42. The van der Waals surface area contributed by atoms with Gasteiger partial charge < -0.3 is 10.2 Å². The van der Waals surface area contributed by atoms with Crippen molar-refractivity contribution in [3.05, 3.63) is 12.0 Å². The molecule has 7 heteroatoms. The Kier molecular flexibility index (Phi) is 3.48. The Morgan fingerprint density at radius 2 is 2.24 bits per heavy atom. The maximum absolute atomic E-state index is 11.9. The first kappa shape index (κ1) is 13.8. The highest BCUT2D eigenvalue weighted by Gasteiger charge is 2.27. The Balaban J connectivity index is 1.98. The normalized spacial score (nSPS) is 19.0. The van der Waals surface area contributed by atoms with E-state index in [2.05, 4.69) is 25.3 Å². The van der Waals surface area contributed by atoms with Gasteiger partial charge in [-0.1, -0.05) is 0 Å². The average molecular weight is 288 g/mol. The number of aryl methyl sites for hydroxylation is 2. The van der Waals surface area contributed by atoms with Gasteiger partial charge in [-0.3, -0.25) is 9.48 Å². The molecule has 1 fully saturated rings. The van der Waals surface area contributed by atoms with Crippen LogP contribution in [0, 0.1) is 12.8 Å². The van der Waals surface area contributed by atoms with Crippen LogP contribution in [0.5, 0.6) is 0 Å². The third-order valence-electron chi connectivity index (χ3n) is 4.02. The Morgan fingerprint density at radius 3 is 3.00 bits per heavy atom. The molecule has 3 rings (SSSR count). The van der Waals surface area contributed by atoms with Gasteiger partial charge in [-0.05, 0) is 19.8 Å². The second kappa shape index (κ2) is 5.31. The van der Waals surface area contributed by atoms with Crippen LogP contribution in [-0.4, -0.2) is 45.8 Å². The number of nitrogens with zero attached hydrogens (tertiary/aromatic N) is 5. The van der Waals surface area contributed by atoms with Crippen molar-refractivity contribution in [2.24, 2.45) is 13.0 Å². The fraction of sp³-hybridized carbons (Fsp3) is 0.571. The number of hydrogen-bond acceptors (Lipinski definition) is 5. The fourth-order valence-electron chi connectivity index (χ4n) is 2.94. The number of amides is 1. The topological polar surface area (TPSA) is 75.9 Å². The number of aromatic nitrogens is 4. The number of piperidine rings is 1. The van der Waals surface area contributed by atoms with Crippen LogP contribution in [-0.2, 0) is 11.8 Å². The van der Waals surface area contributed by atoms with Crippen LogP contribution < -0.4 is 10.2 Å². The lowest BCUT2D eigenvalue weighted by Gasteiger charge is -2.33. The van der Waals surface area contributed by atoms with Crippen LogP contribution in [0.3, 0.4) is 0 Å². The molecule has 2 aromatic rings. The molecule has 1 saturated heterocycles. The van der Waals surface area contributed by atoms with Crippen molar-refractivity contribution in [1.29, 1.82) is 0 Å². The molecular weight excluding hydrogens is 268 g/mol. The minimum Gasteiger partial charge on any atom is -0.359 e. The van der Waals surface area contributed by atoms with Crippen LogP contribution in [0.4, 0.5) is 5.82 Å². The molecule has 0 radical (unpaired) electrons. The van der Waals surface area contributed by atoms with Crippen LogP contribution in [0.25, 0.3) is 11.0 Å². The van der Waals surface area contributed by atoms with Crippen molar-refractivity contribution in [1.82, 2.24) is 25.1 Å². The van der Waals surface area contributed by atoms with E-state index in [9.17, 15) is 4.79 Å². The maximum atomic E-state index is 11.9. The monoisotopic (exact) mass is 288 g/mol.